The minimum Gasteiger partial charge on any atom is -0.466 e. The maximum absolute atomic E-state index is 12.6. The Morgan fingerprint density at radius 3 is 1.93 bits per heavy atom. The van der Waals surface area contributed by atoms with Gasteiger partial charge in [0.1, 0.15) is 18.1 Å². The number of nitrogens with two attached hydrogens (primary N) is 1. The van der Waals surface area contributed by atoms with Gasteiger partial charge in [-0.2, -0.15) is 0 Å². The zero-order chi connectivity index (χ0) is 42.0. The van der Waals surface area contributed by atoms with Gasteiger partial charge in [0.25, 0.3) is 0 Å². The third kappa shape index (κ3) is 28.5. The number of aliphatic hydroxyl groups is 1. The second kappa shape index (κ2) is 34.3. The summed E-state index contributed by atoms with van der Waals surface area (Å²) >= 11 is 0. The number of esters is 2. The number of carbonyl (C=O) groups excluding carboxylic acids is 2. The van der Waals surface area contributed by atoms with Gasteiger partial charge >= 0.3 is 19.8 Å². The van der Waals surface area contributed by atoms with Crippen LogP contribution in [0.15, 0.2) is 40.9 Å². The van der Waals surface area contributed by atoms with Crippen LogP contribution >= 0.6 is 7.82 Å². The molecule has 0 spiro atoms. The number of allylic oxidation sites excluding steroid dienone is 4. The van der Waals surface area contributed by atoms with E-state index in [-0.39, 0.29) is 32.6 Å². The normalized spacial score (nSPS) is 14.2. The Bertz CT molecular complexity index is 1320. The minimum atomic E-state index is -4.41. The molecular formula is C45H78NO10P. The number of carbonyl (C=O) groups is 2. The third-order valence-electron chi connectivity index (χ3n) is 9.82. The summed E-state index contributed by atoms with van der Waals surface area (Å²) in [6.45, 7) is 7.77. The highest BCUT2D eigenvalue weighted by Gasteiger charge is 2.26. The van der Waals surface area contributed by atoms with Gasteiger partial charge in [0.05, 0.1) is 19.3 Å². The zero-order valence-corrected chi connectivity index (χ0v) is 36.8. The van der Waals surface area contributed by atoms with Gasteiger partial charge in [0.15, 0.2) is 6.10 Å². The Morgan fingerprint density at radius 2 is 1.32 bits per heavy atom. The molecule has 328 valence electrons. The summed E-state index contributed by atoms with van der Waals surface area (Å²) in [4.78, 5) is 35.0. The summed E-state index contributed by atoms with van der Waals surface area (Å²) < 4.78 is 39.0. The lowest BCUT2D eigenvalue weighted by molar-refractivity contribution is -0.161. The van der Waals surface area contributed by atoms with Gasteiger partial charge in [-0.15, -0.1) is 0 Å². The molecule has 0 aliphatic rings. The molecule has 0 saturated heterocycles. The quantitative estimate of drug-likeness (QED) is 0.0192. The van der Waals surface area contributed by atoms with E-state index in [2.05, 4.69) is 33.8 Å². The Morgan fingerprint density at radius 1 is 0.737 bits per heavy atom. The molecule has 0 fully saturated rings. The summed E-state index contributed by atoms with van der Waals surface area (Å²) in [7, 11) is -4.41. The maximum atomic E-state index is 12.6. The minimum absolute atomic E-state index is 0.0341. The number of ether oxygens (including phenoxy) is 2. The topological polar surface area (TPSA) is 168 Å². The summed E-state index contributed by atoms with van der Waals surface area (Å²) in [5.74, 6) is 1.42. The van der Waals surface area contributed by atoms with Crippen LogP contribution in [-0.2, 0) is 45.5 Å². The van der Waals surface area contributed by atoms with E-state index >= 15 is 0 Å². The highest BCUT2D eigenvalue weighted by atomic mass is 31.2. The molecule has 1 aromatic rings. The van der Waals surface area contributed by atoms with Crippen LogP contribution in [0.25, 0.3) is 0 Å². The summed E-state index contributed by atoms with van der Waals surface area (Å²) in [5.41, 5.74) is 7.99. The average molecular weight is 824 g/mol. The molecule has 1 aromatic heterocycles. The molecule has 0 aliphatic heterocycles. The SMILES string of the molecule is CC/C=C/CC(O)/C=C/C=C/CCCCCCCC(=O)O[C@H](COC(=O)CCCCCCCCCCc1oc(CCCCC)c(C)c1C)COP(=O)(O)OCCN. The number of aliphatic hydroxyl groups excluding tert-OH is 1. The Balaban J connectivity index is 2.28. The standard InChI is InChI=1S/C45H78NO10P/c1-5-7-22-28-40(47)29-24-18-14-10-9-11-17-21-27-33-45(49)55-41(37-54-57(50,51)53-35-34-46)36-52-44(48)32-26-20-16-13-12-15-19-25-31-43-39(4)38(3)42(56-43)30-23-8-6-2/h7,14,18,22,24,29,40-41,47H,5-6,8-13,15-17,19-21,23,25-28,30-37,46H2,1-4H3,(H,50,51)/b18-14+,22-7+,29-24+/t40?,41-/m1/s1. The Kier molecular flexibility index (Phi) is 31.6. The fourth-order valence-corrected chi connectivity index (χ4v) is 7.03. The first-order valence-corrected chi connectivity index (χ1v) is 23.4. The van der Waals surface area contributed by atoms with E-state index in [1.807, 2.05) is 24.3 Å². The molecule has 11 nitrogen and oxygen atoms in total. The van der Waals surface area contributed by atoms with Crippen LogP contribution in [-0.4, -0.2) is 60.5 Å². The van der Waals surface area contributed by atoms with E-state index < -0.39 is 38.6 Å². The number of hydrogen-bond donors (Lipinski definition) is 3. The highest BCUT2D eigenvalue weighted by Crippen LogP contribution is 2.43. The fourth-order valence-electron chi connectivity index (χ4n) is 6.26. The van der Waals surface area contributed by atoms with Crippen LogP contribution in [0.5, 0.6) is 0 Å². The lowest BCUT2D eigenvalue weighted by Crippen LogP contribution is -2.29. The van der Waals surface area contributed by atoms with Crippen LogP contribution in [0.4, 0.5) is 0 Å². The van der Waals surface area contributed by atoms with E-state index in [9.17, 15) is 24.2 Å². The van der Waals surface area contributed by atoms with E-state index in [0.29, 0.717) is 19.3 Å². The first-order chi connectivity index (χ1) is 27.5. The van der Waals surface area contributed by atoms with Crippen molar-refractivity contribution in [2.45, 2.75) is 188 Å². The molecule has 0 radical (unpaired) electrons. The van der Waals surface area contributed by atoms with Crippen LogP contribution in [0, 0.1) is 13.8 Å². The molecule has 3 atom stereocenters. The number of furan rings is 1. The summed E-state index contributed by atoms with van der Waals surface area (Å²) in [6, 6.07) is 0. The predicted molar refractivity (Wildman–Crippen MR) is 229 cm³/mol. The molecule has 0 bridgehead atoms. The van der Waals surface area contributed by atoms with Gasteiger partial charge in [0, 0.05) is 32.2 Å². The van der Waals surface area contributed by atoms with Crippen LogP contribution < -0.4 is 5.73 Å². The number of aryl methyl sites for hydroxylation is 2. The van der Waals surface area contributed by atoms with Crippen LogP contribution in [0.3, 0.4) is 0 Å². The van der Waals surface area contributed by atoms with Crippen molar-refractivity contribution >= 4 is 19.8 Å². The number of phosphoric ester groups is 1. The largest absolute Gasteiger partial charge is 0.472 e. The van der Waals surface area contributed by atoms with E-state index in [1.54, 1.807) is 6.08 Å². The van der Waals surface area contributed by atoms with Gasteiger partial charge in [-0.05, 0) is 76.3 Å². The molecule has 0 aliphatic carbocycles. The molecule has 0 aromatic carbocycles. The van der Waals surface area contributed by atoms with E-state index in [0.717, 1.165) is 82.8 Å². The molecule has 0 amide bonds. The van der Waals surface area contributed by atoms with Crippen molar-refractivity contribution in [1.82, 2.24) is 0 Å². The summed E-state index contributed by atoms with van der Waals surface area (Å²) in [5, 5.41) is 9.88. The Labute approximate surface area is 344 Å². The van der Waals surface area contributed by atoms with Gasteiger partial charge in [-0.3, -0.25) is 18.6 Å². The number of phosphoric acid groups is 1. The second-order valence-corrected chi connectivity index (χ2v) is 16.4. The van der Waals surface area contributed by atoms with E-state index in [1.165, 1.54) is 55.4 Å². The molecular weight excluding hydrogens is 745 g/mol. The first kappa shape index (κ1) is 52.5. The van der Waals surface area contributed by atoms with Crippen molar-refractivity contribution in [1.29, 1.82) is 0 Å². The van der Waals surface area contributed by atoms with Gasteiger partial charge in [-0.25, -0.2) is 4.57 Å². The van der Waals surface area contributed by atoms with E-state index in [4.69, 9.17) is 28.7 Å². The predicted octanol–water partition coefficient (Wildman–Crippen LogP) is 10.8. The fraction of sp³-hybridized carbons (Fsp3) is 0.733. The molecule has 4 N–H and O–H groups in total. The van der Waals surface area contributed by atoms with Crippen molar-refractivity contribution in [2.75, 3.05) is 26.4 Å². The molecule has 0 saturated carbocycles. The Hall–Kier alpha value is -2.53. The van der Waals surface area contributed by atoms with Gasteiger partial charge < -0.3 is 29.6 Å². The number of hydrogen-bond acceptors (Lipinski definition) is 10. The average Bonchev–Trinajstić information content (AvgIpc) is 3.45. The monoisotopic (exact) mass is 824 g/mol. The maximum Gasteiger partial charge on any atom is 0.472 e. The van der Waals surface area contributed by atoms with Gasteiger partial charge in [0.2, 0.25) is 0 Å². The highest BCUT2D eigenvalue weighted by molar-refractivity contribution is 7.47. The molecule has 1 rings (SSSR count). The molecule has 57 heavy (non-hydrogen) atoms. The lowest BCUT2D eigenvalue weighted by Gasteiger charge is -2.19. The van der Waals surface area contributed by atoms with Crippen molar-refractivity contribution in [2.24, 2.45) is 5.73 Å². The molecule has 12 heteroatoms. The number of rotatable bonds is 37. The lowest BCUT2D eigenvalue weighted by atomic mass is 10.0. The van der Waals surface area contributed by atoms with Crippen molar-refractivity contribution in [3.63, 3.8) is 0 Å². The van der Waals surface area contributed by atoms with Crippen LogP contribution in [0.1, 0.15) is 171 Å². The van der Waals surface area contributed by atoms with Crippen molar-refractivity contribution in [3.05, 3.63) is 59.1 Å². The number of unbranched alkanes of at least 4 members (excludes halogenated alkanes) is 14. The second-order valence-electron chi connectivity index (χ2n) is 15.0. The van der Waals surface area contributed by atoms with Gasteiger partial charge in [-0.1, -0.05) is 121 Å². The third-order valence-corrected chi connectivity index (χ3v) is 10.8. The zero-order valence-electron chi connectivity index (χ0n) is 35.9. The van der Waals surface area contributed by atoms with Crippen molar-refractivity contribution in [3.8, 4) is 0 Å². The first-order valence-electron chi connectivity index (χ1n) is 21.9. The molecule has 2 unspecified atom stereocenters. The van der Waals surface area contributed by atoms with Crippen molar-refractivity contribution < 1.29 is 47.1 Å². The molecule has 1 heterocycles. The smallest absolute Gasteiger partial charge is 0.466 e. The van der Waals surface area contributed by atoms with Crippen LogP contribution in [0.2, 0.25) is 0 Å². The summed E-state index contributed by atoms with van der Waals surface area (Å²) in [6.07, 6.45) is 31.8.